The average Bonchev–Trinajstić information content (AvgIpc) is 2.57. The quantitative estimate of drug-likeness (QED) is 0.738. The second-order valence-corrected chi connectivity index (χ2v) is 5.01. The largest absolute Gasteiger partial charge is 0.284 e. The summed E-state index contributed by atoms with van der Waals surface area (Å²) in [5.74, 6) is 0.240. The van der Waals surface area contributed by atoms with Gasteiger partial charge in [-0.2, -0.15) is 9.50 Å². The van der Waals surface area contributed by atoms with E-state index in [0.717, 1.165) is 17.0 Å². The van der Waals surface area contributed by atoms with Crippen LogP contribution >= 0.6 is 0 Å². The van der Waals surface area contributed by atoms with Gasteiger partial charge in [0.15, 0.2) is 0 Å². The molecule has 8 heteroatoms. The van der Waals surface area contributed by atoms with Crippen LogP contribution in [0, 0.1) is 20.8 Å². The van der Waals surface area contributed by atoms with Crippen LogP contribution in [-0.4, -0.2) is 28.0 Å². The molecule has 2 rings (SSSR count). The fourth-order valence-corrected chi connectivity index (χ4v) is 1.76. The van der Waals surface area contributed by atoms with Crippen LogP contribution in [0.3, 0.4) is 0 Å². The third-order valence-electron chi connectivity index (χ3n) is 2.50. The minimum Gasteiger partial charge on any atom is -0.222 e. The van der Waals surface area contributed by atoms with Gasteiger partial charge in [0.05, 0.1) is 0 Å². The Morgan fingerprint density at radius 3 is 2.38 bits per heavy atom. The standard InChI is InChI=1S/C8H11N5O2S/c1-4-5(2)10-7-11-8(16(9,14)15)12-13(7)6(4)3/h1-3H3,(H2,9,14,15). The zero-order chi connectivity index (χ0) is 12.1. The van der Waals surface area contributed by atoms with Gasteiger partial charge >= 0.3 is 0 Å². The van der Waals surface area contributed by atoms with Gasteiger partial charge in [-0.05, 0) is 26.3 Å². The molecular weight excluding hydrogens is 230 g/mol. The second-order valence-electron chi connectivity index (χ2n) is 3.56. The molecular formula is C8H11N5O2S. The number of fused-ring (bicyclic) bond motifs is 1. The van der Waals surface area contributed by atoms with Gasteiger partial charge in [-0.15, -0.1) is 5.10 Å². The van der Waals surface area contributed by atoms with Crippen molar-refractivity contribution in [2.75, 3.05) is 0 Å². The molecule has 0 radical (unpaired) electrons. The predicted molar refractivity (Wildman–Crippen MR) is 56.4 cm³/mol. The minimum atomic E-state index is -3.89. The van der Waals surface area contributed by atoms with E-state index >= 15 is 0 Å². The molecule has 2 aromatic heterocycles. The van der Waals surface area contributed by atoms with Crippen LogP contribution in [0.1, 0.15) is 17.0 Å². The van der Waals surface area contributed by atoms with Crippen molar-refractivity contribution in [3.63, 3.8) is 0 Å². The van der Waals surface area contributed by atoms with Gasteiger partial charge in [-0.25, -0.2) is 18.5 Å². The molecule has 0 unspecified atom stereocenters. The number of primary sulfonamides is 1. The smallest absolute Gasteiger partial charge is 0.222 e. The van der Waals surface area contributed by atoms with E-state index in [2.05, 4.69) is 15.1 Å². The zero-order valence-electron chi connectivity index (χ0n) is 9.09. The van der Waals surface area contributed by atoms with Crippen LogP contribution in [0.4, 0.5) is 0 Å². The molecule has 0 aliphatic rings. The Balaban J connectivity index is 2.87. The topological polar surface area (TPSA) is 103 Å². The van der Waals surface area contributed by atoms with Gasteiger partial charge in [-0.1, -0.05) is 0 Å². The van der Waals surface area contributed by atoms with Gasteiger partial charge in [-0.3, -0.25) is 0 Å². The van der Waals surface area contributed by atoms with Crippen molar-refractivity contribution in [1.82, 2.24) is 19.6 Å². The maximum atomic E-state index is 11.1. The second kappa shape index (κ2) is 3.22. The number of nitrogens with two attached hydrogens (primary N) is 1. The third-order valence-corrected chi connectivity index (χ3v) is 3.18. The van der Waals surface area contributed by atoms with Crippen molar-refractivity contribution in [3.8, 4) is 0 Å². The van der Waals surface area contributed by atoms with Crippen LogP contribution in [0.15, 0.2) is 5.16 Å². The maximum absolute atomic E-state index is 11.1. The summed E-state index contributed by atoms with van der Waals surface area (Å²) in [6.45, 7) is 5.53. The highest BCUT2D eigenvalue weighted by Crippen LogP contribution is 2.12. The van der Waals surface area contributed by atoms with Gasteiger partial charge < -0.3 is 0 Å². The molecule has 0 saturated carbocycles. The van der Waals surface area contributed by atoms with Crippen molar-refractivity contribution in [1.29, 1.82) is 0 Å². The molecule has 2 aromatic rings. The van der Waals surface area contributed by atoms with Crippen LogP contribution in [0.25, 0.3) is 5.78 Å². The van der Waals surface area contributed by atoms with Gasteiger partial charge in [0.1, 0.15) is 0 Å². The monoisotopic (exact) mass is 241 g/mol. The number of aryl methyl sites for hydroxylation is 2. The molecule has 2 N–H and O–H groups in total. The first-order valence-corrected chi connectivity index (χ1v) is 6.08. The van der Waals surface area contributed by atoms with Crippen LogP contribution in [-0.2, 0) is 10.0 Å². The van der Waals surface area contributed by atoms with Crippen molar-refractivity contribution in [2.24, 2.45) is 5.14 Å². The Morgan fingerprint density at radius 2 is 1.81 bits per heavy atom. The Labute approximate surface area is 92.4 Å². The highest BCUT2D eigenvalue weighted by atomic mass is 32.2. The molecule has 0 aliphatic heterocycles. The van der Waals surface area contributed by atoms with E-state index in [0.29, 0.717) is 0 Å². The summed E-state index contributed by atoms with van der Waals surface area (Å²) in [6, 6.07) is 0. The molecule has 0 aromatic carbocycles. The fourth-order valence-electron chi connectivity index (χ4n) is 1.36. The maximum Gasteiger partial charge on any atom is 0.284 e. The van der Waals surface area contributed by atoms with Crippen molar-refractivity contribution in [3.05, 3.63) is 17.0 Å². The first-order valence-electron chi connectivity index (χ1n) is 4.54. The van der Waals surface area contributed by atoms with E-state index < -0.39 is 15.2 Å². The highest BCUT2D eigenvalue weighted by molar-refractivity contribution is 7.89. The summed E-state index contributed by atoms with van der Waals surface area (Å²) in [5, 5.41) is 8.36. The zero-order valence-corrected chi connectivity index (χ0v) is 9.91. The van der Waals surface area contributed by atoms with E-state index in [1.165, 1.54) is 4.52 Å². The van der Waals surface area contributed by atoms with E-state index in [4.69, 9.17) is 5.14 Å². The van der Waals surface area contributed by atoms with Gasteiger partial charge in [0.25, 0.3) is 21.0 Å². The van der Waals surface area contributed by atoms with Crippen LogP contribution in [0.5, 0.6) is 0 Å². The van der Waals surface area contributed by atoms with Gasteiger partial charge in [0, 0.05) is 11.4 Å². The summed E-state index contributed by atoms with van der Waals surface area (Å²) < 4.78 is 23.6. The first kappa shape index (κ1) is 11.0. The predicted octanol–water partition coefficient (Wildman–Crippen LogP) is -0.303. The number of aromatic nitrogens is 4. The lowest BCUT2D eigenvalue weighted by molar-refractivity contribution is 0.588. The van der Waals surface area contributed by atoms with Crippen molar-refractivity contribution in [2.45, 2.75) is 25.9 Å². The molecule has 7 nitrogen and oxygen atoms in total. The Bertz CT molecular complexity index is 673. The molecule has 0 amide bonds. The van der Waals surface area contributed by atoms with E-state index in [-0.39, 0.29) is 5.78 Å². The van der Waals surface area contributed by atoms with Crippen LogP contribution in [0.2, 0.25) is 0 Å². The molecule has 2 heterocycles. The number of sulfonamides is 1. The van der Waals surface area contributed by atoms with E-state index in [1.807, 2.05) is 20.8 Å². The summed E-state index contributed by atoms with van der Waals surface area (Å²) >= 11 is 0. The molecule has 16 heavy (non-hydrogen) atoms. The summed E-state index contributed by atoms with van der Waals surface area (Å²) in [5.41, 5.74) is 2.53. The average molecular weight is 241 g/mol. The minimum absolute atomic E-state index is 0.240. The lowest BCUT2D eigenvalue weighted by Gasteiger charge is -2.03. The summed E-state index contributed by atoms with van der Waals surface area (Å²) in [4.78, 5) is 7.91. The number of hydrogen-bond donors (Lipinski definition) is 1. The molecule has 0 saturated heterocycles. The lowest BCUT2D eigenvalue weighted by Crippen LogP contribution is -2.14. The Kier molecular flexibility index (Phi) is 2.21. The van der Waals surface area contributed by atoms with E-state index in [1.54, 1.807) is 0 Å². The fraction of sp³-hybridized carbons (Fsp3) is 0.375. The molecule has 86 valence electrons. The molecule has 0 bridgehead atoms. The van der Waals surface area contributed by atoms with Crippen molar-refractivity contribution >= 4 is 15.8 Å². The molecule has 0 fully saturated rings. The molecule has 0 aliphatic carbocycles. The lowest BCUT2D eigenvalue weighted by atomic mass is 10.2. The van der Waals surface area contributed by atoms with Crippen LogP contribution < -0.4 is 5.14 Å². The highest BCUT2D eigenvalue weighted by Gasteiger charge is 2.17. The summed E-state index contributed by atoms with van der Waals surface area (Å²) in [7, 11) is -3.89. The summed E-state index contributed by atoms with van der Waals surface area (Å²) in [6.07, 6.45) is 0. The first-order chi connectivity index (χ1) is 7.30. The normalized spacial score (nSPS) is 12.2. The Hall–Kier alpha value is -1.54. The number of nitrogens with zero attached hydrogens (tertiary/aromatic N) is 4. The van der Waals surface area contributed by atoms with E-state index in [9.17, 15) is 8.42 Å². The third kappa shape index (κ3) is 1.55. The molecule has 0 atom stereocenters. The van der Waals surface area contributed by atoms with Gasteiger partial charge in [0.2, 0.25) is 0 Å². The number of rotatable bonds is 1. The number of hydrogen-bond acceptors (Lipinski definition) is 5. The Morgan fingerprint density at radius 1 is 1.19 bits per heavy atom. The SMILES string of the molecule is Cc1nc2nc(S(N)(=O)=O)nn2c(C)c1C. The van der Waals surface area contributed by atoms with Crippen molar-refractivity contribution < 1.29 is 8.42 Å². The molecule has 0 spiro atoms.